The average molecular weight is 350 g/mol. The highest BCUT2D eigenvalue weighted by Crippen LogP contribution is 2.18. The van der Waals surface area contributed by atoms with E-state index < -0.39 is 0 Å². The molecule has 0 aliphatic carbocycles. The van der Waals surface area contributed by atoms with Crippen molar-refractivity contribution in [2.24, 2.45) is 4.99 Å². The summed E-state index contributed by atoms with van der Waals surface area (Å²) in [5, 5.41) is 0. The highest BCUT2D eigenvalue weighted by atomic mass is 16.5. The molecule has 0 saturated heterocycles. The molecular weight excluding hydrogens is 328 g/mol. The lowest BCUT2D eigenvalue weighted by Crippen LogP contribution is -2.31. The zero-order chi connectivity index (χ0) is 18.4. The lowest BCUT2D eigenvalue weighted by Gasteiger charge is -2.26. The summed E-state index contributed by atoms with van der Waals surface area (Å²) in [6.07, 6.45) is 3.39. The van der Waals surface area contributed by atoms with Crippen molar-refractivity contribution in [3.05, 3.63) is 71.8 Å². The molecule has 0 radical (unpaired) electrons. The van der Waals surface area contributed by atoms with E-state index in [0.717, 1.165) is 28.5 Å². The van der Waals surface area contributed by atoms with Crippen LogP contribution in [0.1, 0.15) is 11.1 Å². The third-order valence-electron chi connectivity index (χ3n) is 4.20. The molecule has 1 heterocycles. The van der Waals surface area contributed by atoms with Crippen molar-refractivity contribution in [1.29, 1.82) is 0 Å². The Balaban J connectivity index is 1.80. The van der Waals surface area contributed by atoms with Gasteiger partial charge in [-0.25, -0.2) is 0 Å². The third kappa shape index (κ3) is 4.51. The van der Waals surface area contributed by atoms with Crippen LogP contribution in [-0.2, 0) is 17.9 Å². The van der Waals surface area contributed by atoms with E-state index >= 15 is 0 Å². The van der Waals surface area contributed by atoms with Crippen molar-refractivity contribution in [1.82, 2.24) is 4.90 Å². The maximum absolute atomic E-state index is 11.4. The Hall–Kier alpha value is -3.08. The maximum Gasteiger partial charge on any atom is 0.177 e. The Labute approximate surface area is 153 Å². The van der Waals surface area contributed by atoms with Gasteiger partial charge in [-0.1, -0.05) is 24.3 Å². The van der Waals surface area contributed by atoms with Crippen LogP contribution in [0.5, 0.6) is 11.5 Å². The molecule has 0 unspecified atom stereocenters. The van der Waals surface area contributed by atoms with Crippen LogP contribution in [0.4, 0.5) is 0 Å². The van der Waals surface area contributed by atoms with Crippen LogP contribution in [0.25, 0.3) is 0 Å². The number of carbonyl (C=O) groups is 1. The molecule has 26 heavy (non-hydrogen) atoms. The van der Waals surface area contributed by atoms with Crippen molar-refractivity contribution in [2.45, 2.75) is 13.1 Å². The van der Waals surface area contributed by atoms with Crippen LogP contribution >= 0.6 is 0 Å². The van der Waals surface area contributed by atoms with E-state index in [2.05, 4.69) is 9.89 Å². The molecule has 5 heteroatoms. The number of aliphatic imine (C=N–C) groups is 1. The molecule has 5 nitrogen and oxygen atoms in total. The second-order valence-electron chi connectivity index (χ2n) is 6.03. The molecule has 1 aliphatic rings. The molecule has 134 valence electrons. The highest BCUT2D eigenvalue weighted by molar-refractivity contribution is 6.05. The van der Waals surface area contributed by atoms with E-state index in [0.29, 0.717) is 13.1 Å². The molecule has 0 N–H and O–H groups in total. The van der Waals surface area contributed by atoms with E-state index in [1.165, 1.54) is 0 Å². The molecule has 0 bridgehead atoms. The Morgan fingerprint density at radius 3 is 1.73 bits per heavy atom. The van der Waals surface area contributed by atoms with Crippen LogP contribution in [0, 0.1) is 0 Å². The molecule has 3 rings (SSSR count). The van der Waals surface area contributed by atoms with Crippen molar-refractivity contribution in [3.63, 3.8) is 0 Å². The number of methoxy groups -OCH3 is 2. The van der Waals surface area contributed by atoms with Crippen molar-refractivity contribution in [2.75, 3.05) is 20.8 Å². The van der Waals surface area contributed by atoms with Gasteiger partial charge in [0, 0.05) is 13.1 Å². The molecule has 2 aromatic rings. The Bertz CT molecular complexity index is 759. The fourth-order valence-corrected chi connectivity index (χ4v) is 2.76. The summed E-state index contributed by atoms with van der Waals surface area (Å²) in [5.41, 5.74) is 2.29. The number of ether oxygens (including phenoxy) is 2. The summed E-state index contributed by atoms with van der Waals surface area (Å²) in [6.45, 7) is 1.58. The van der Waals surface area contributed by atoms with E-state index in [1.807, 2.05) is 48.5 Å². The van der Waals surface area contributed by atoms with Crippen LogP contribution < -0.4 is 9.47 Å². The van der Waals surface area contributed by atoms with Crippen molar-refractivity contribution in [3.8, 4) is 11.5 Å². The van der Waals surface area contributed by atoms with Gasteiger partial charge in [0.1, 0.15) is 23.9 Å². The predicted molar refractivity (Wildman–Crippen MR) is 102 cm³/mol. The fourth-order valence-electron chi connectivity index (χ4n) is 2.76. The Morgan fingerprint density at radius 2 is 1.35 bits per heavy atom. The van der Waals surface area contributed by atoms with Crippen molar-refractivity contribution >= 4 is 11.6 Å². The quantitative estimate of drug-likeness (QED) is 0.802. The van der Waals surface area contributed by atoms with Gasteiger partial charge >= 0.3 is 0 Å². The number of hydrogen-bond donors (Lipinski definition) is 0. The van der Waals surface area contributed by atoms with Gasteiger partial charge in [-0.2, -0.15) is 0 Å². The SMILES string of the molecule is COc1ccc(CN(Cc2ccc(OC)cc2)C2=NCC(=O)C=C2)cc1. The van der Waals surface area contributed by atoms with E-state index in [-0.39, 0.29) is 12.3 Å². The smallest absolute Gasteiger partial charge is 0.177 e. The number of rotatable bonds is 6. The highest BCUT2D eigenvalue weighted by Gasteiger charge is 2.14. The monoisotopic (exact) mass is 350 g/mol. The Morgan fingerprint density at radius 1 is 0.846 bits per heavy atom. The number of nitrogens with zero attached hydrogens (tertiary/aromatic N) is 2. The molecule has 0 spiro atoms. The molecule has 2 aromatic carbocycles. The topological polar surface area (TPSA) is 51.1 Å². The summed E-state index contributed by atoms with van der Waals surface area (Å²) in [5.74, 6) is 2.51. The second-order valence-corrected chi connectivity index (χ2v) is 6.03. The molecule has 0 fully saturated rings. The Kier molecular flexibility index (Phi) is 5.69. The average Bonchev–Trinajstić information content (AvgIpc) is 2.69. The summed E-state index contributed by atoms with van der Waals surface area (Å²) < 4.78 is 10.4. The van der Waals surface area contributed by atoms with Crippen LogP contribution in [0.15, 0.2) is 65.7 Å². The van der Waals surface area contributed by atoms with Crippen LogP contribution in [0.3, 0.4) is 0 Å². The summed E-state index contributed by atoms with van der Waals surface area (Å²) in [7, 11) is 3.31. The second kappa shape index (κ2) is 8.34. The molecule has 1 aliphatic heterocycles. The van der Waals surface area contributed by atoms with E-state index in [9.17, 15) is 4.79 Å². The first kappa shape index (κ1) is 17.7. The minimum atomic E-state index is 0.0302. The van der Waals surface area contributed by atoms with Gasteiger partial charge in [-0.15, -0.1) is 0 Å². The molecule has 0 atom stereocenters. The summed E-state index contributed by atoms with van der Waals surface area (Å²) >= 11 is 0. The van der Waals surface area contributed by atoms with Gasteiger partial charge in [-0.05, 0) is 47.5 Å². The standard InChI is InChI=1S/C21H22N2O3/c1-25-19-8-3-16(4-9-19)14-23(21-12-7-18(24)13-22-21)15-17-5-10-20(26-2)11-6-17/h3-12H,13-15H2,1-2H3. The molecule has 0 aromatic heterocycles. The largest absolute Gasteiger partial charge is 0.497 e. The third-order valence-corrected chi connectivity index (χ3v) is 4.20. The first-order valence-electron chi connectivity index (χ1n) is 8.44. The molecular formula is C21H22N2O3. The van der Waals surface area contributed by atoms with Crippen LogP contribution in [0.2, 0.25) is 0 Å². The minimum Gasteiger partial charge on any atom is -0.497 e. The van der Waals surface area contributed by atoms with Gasteiger partial charge in [-0.3, -0.25) is 9.79 Å². The number of carbonyl (C=O) groups excluding carboxylic acids is 1. The van der Waals surface area contributed by atoms with Gasteiger partial charge in [0.15, 0.2) is 5.78 Å². The van der Waals surface area contributed by atoms with Gasteiger partial charge in [0.25, 0.3) is 0 Å². The molecule has 0 amide bonds. The first-order chi connectivity index (χ1) is 12.7. The normalized spacial score (nSPS) is 13.3. The van der Waals surface area contributed by atoms with Crippen molar-refractivity contribution < 1.29 is 14.3 Å². The molecule has 0 saturated carbocycles. The predicted octanol–water partition coefficient (Wildman–Crippen LogP) is 3.24. The number of benzene rings is 2. The lowest BCUT2D eigenvalue weighted by atomic mass is 10.1. The lowest BCUT2D eigenvalue weighted by molar-refractivity contribution is -0.113. The summed E-state index contributed by atoms with van der Waals surface area (Å²) in [4.78, 5) is 18.0. The van der Waals surface area contributed by atoms with Crippen LogP contribution in [-0.4, -0.2) is 37.3 Å². The summed E-state index contributed by atoms with van der Waals surface area (Å²) in [6, 6.07) is 15.9. The number of amidine groups is 1. The van der Waals surface area contributed by atoms with E-state index in [1.54, 1.807) is 26.4 Å². The zero-order valence-corrected chi connectivity index (χ0v) is 15.0. The van der Waals surface area contributed by atoms with Gasteiger partial charge in [0.05, 0.1) is 14.2 Å². The fraction of sp³-hybridized carbons (Fsp3) is 0.238. The minimum absolute atomic E-state index is 0.0302. The zero-order valence-electron chi connectivity index (χ0n) is 15.0. The number of dihydropyridines is 1. The van der Waals surface area contributed by atoms with Gasteiger partial charge in [0.2, 0.25) is 0 Å². The van der Waals surface area contributed by atoms with Gasteiger partial charge < -0.3 is 14.4 Å². The first-order valence-corrected chi connectivity index (χ1v) is 8.44. The number of ketones is 1. The van der Waals surface area contributed by atoms with E-state index in [4.69, 9.17) is 9.47 Å². The maximum atomic E-state index is 11.4. The number of hydrogen-bond acceptors (Lipinski definition) is 5.